The van der Waals surface area contributed by atoms with Crippen LogP contribution < -0.4 is 0 Å². The van der Waals surface area contributed by atoms with E-state index >= 15 is 13.2 Å². The lowest BCUT2D eigenvalue weighted by Crippen LogP contribution is -2.33. The maximum atomic E-state index is 15.8. The first-order valence-electron chi connectivity index (χ1n) is 16.6. The number of unbranched alkanes of at least 4 members (excludes halogenated alkanes) is 9. The van der Waals surface area contributed by atoms with Gasteiger partial charge in [0.25, 0.3) is 5.92 Å². The van der Waals surface area contributed by atoms with Crippen LogP contribution in [0.15, 0.2) is 30.3 Å². The minimum absolute atomic E-state index is 0.0282. The largest absolute Gasteiger partial charge is 0.276 e. The highest BCUT2D eigenvalue weighted by atomic mass is 28.3. The zero-order chi connectivity index (χ0) is 29.9. The monoisotopic (exact) mass is 590 g/mol. The summed E-state index contributed by atoms with van der Waals surface area (Å²) in [7, 11) is -1.26. The summed E-state index contributed by atoms with van der Waals surface area (Å²) in [4.78, 5) is 0. The average molecular weight is 591 g/mol. The molecule has 0 radical (unpaired) electrons. The van der Waals surface area contributed by atoms with Crippen LogP contribution in [-0.4, -0.2) is 8.07 Å². The van der Waals surface area contributed by atoms with Gasteiger partial charge in [-0.3, -0.25) is 0 Å². The van der Waals surface area contributed by atoms with E-state index in [1.54, 1.807) is 12.1 Å². The molecule has 2 aromatic rings. The minimum atomic E-state index is -3.15. The molecule has 0 N–H and O–H groups in total. The van der Waals surface area contributed by atoms with Gasteiger partial charge in [-0.15, -0.1) is 0 Å². The van der Waals surface area contributed by atoms with E-state index < -0.39 is 31.5 Å². The van der Waals surface area contributed by atoms with E-state index in [1.165, 1.54) is 69.9 Å². The summed E-state index contributed by atoms with van der Waals surface area (Å²) in [6.07, 6.45) is 16.3. The van der Waals surface area contributed by atoms with Gasteiger partial charge >= 0.3 is 0 Å². The third kappa shape index (κ3) is 9.69. The SMILES string of the molecule is CCCCCCCCCCc1ccc(-c2c(F)c(F)cc3c2CCC(CCCC[Si](C)(C)CCCC)C3(F)F)cc1. The summed E-state index contributed by atoms with van der Waals surface area (Å²) < 4.78 is 61.5. The Hall–Kier alpha value is -1.62. The Morgan fingerprint density at radius 3 is 2.05 bits per heavy atom. The molecule has 0 nitrogen and oxygen atoms in total. The summed E-state index contributed by atoms with van der Waals surface area (Å²) >= 11 is 0. The third-order valence-corrected chi connectivity index (χ3v) is 12.8. The lowest BCUT2D eigenvalue weighted by atomic mass is 9.75. The standard InChI is InChI=1S/C36H54F4Si/c1-5-7-9-10-11-12-13-14-17-28-19-21-29(22-20-28)34-31-24-23-30(18-15-16-26-41(3,4)25-8-6-2)36(39,40)32(31)27-33(37)35(34)38/h19-22,27,30H,5-18,23-26H2,1-4H3. The Kier molecular flexibility index (Phi) is 13.5. The van der Waals surface area contributed by atoms with Crippen LogP contribution in [0.25, 0.3) is 11.1 Å². The molecule has 0 aliphatic heterocycles. The van der Waals surface area contributed by atoms with E-state index in [0.717, 1.165) is 37.3 Å². The number of alkyl halides is 2. The summed E-state index contributed by atoms with van der Waals surface area (Å²) in [6.45, 7) is 9.24. The molecule has 1 atom stereocenters. The van der Waals surface area contributed by atoms with Crippen LogP contribution in [0.5, 0.6) is 0 Å². The molecule has 1 aliphatic carbocycles. The van der Waals surface area contributed by atoms with Crippen LogP contribution in [0.4, 0.5) is 17.6 Å². The molecular formula is C36H54F4Si. The molecular weight excluding hydrogens is 536 g/mol. The van der Waals surface area contributed by atoms with E-state index in [1.807, 2.05) is 12.1 Å². The molecule has 3 rings (SSSR count). The van der Waals surface area contributed by atoms with E-state index in [0.29, 0.717) is 24.8 Å². The molecule has 41 heavy (non-hydrogen) atoms. The number of halogens is 4. The van der Waals surface area contributed by atoms with E-state index in [4.69, 9.17) is 0 Å². The van der Waals surface area contributed by atoms with Gasteiger partial charge in [0, 0.05) is 25.1 Å². The zero-order valence-corrected chi connectivity index (χ0v) is 27.2. The topological polar surface area (TPSA) is 0 Å². The Balaban J connectivity index is 1.63. The van der Waals surface area contributed by atoms with E-state index in [2.05, 4.69) is 26.9 Å². The molecule has 0 heterocycles. The van der Waals surface area contributed by atoms with Crippen molar-refractivity contribution in [2.45, 2.75) is 148 Å². The van der Waals surface area contributed by atoms with Crippen molar-refractivity contribution in [2.75, 3.05) is 0 Å². The van der Waals surface area contributed by atoms with Crippen LogP contribution in [-0.2, 0) is 18.8 Å². The second kappa shape index (κ2) is 16.3. The number of hydrogen-bond acceptors (Lipinski definition) is 0. The molecule has 1 unspecified atom stereocenters. The average Bonchev–Trinajstić information content (AvgIpc) is 2.94. The first-order chi connectivity index (χ1) is 19.6. The summed E-state index contributed by atoms with van der Waals surface area (Å²) in [5.41, 5.74) is 1.65. The predicted molar refractivity (Wildman–Crippen MR) is 170 cm³/mol. The molecule has 0 bridgehead atoms. The van der Waals surface area contributed by atoms with Gasteiger partial charge in [0.05, 0.1) is 0 Å². The maximum Gasteiger partial charge on any atom is 0.276 e. The fourth-order valence-electron chi connectivity index (χ4n) is 6.64. The molecule has 0 saturated carbocycles. The van der Waals surface area contributed by atoms with Crippen molar-refractivity contribution in [3.05, 3.63) is 58.7 Å². The first kappa shape index (κ1) is 33.9. The Morgan fingerprint density at radius 1 is 0.780 bits per heavy atom. The van der Waals surface area contributed by atoms with Crippen molar-refractivity contribution in [3.63, 3.8) is 0 Å². The molecule has 1 aliphatic rings. The van der Waals surface area contributed by atoms with Gasteiger partial charge in [0.2, 0.25) is 0 Å². The van der Waals surface area contributed by atoms with Gasteiger partial charge in [-0.2, -0.15) is 0 Å². The van der Waals surface area contributed by atoms with Gasteiger partial charge in [0.15, 0.2) is 11.6 Å². The Labute approximate surface area is 248 Å². The van der Waals surface area contributed by atoms with E-state index in [-0.39, 0.29) is 16.7 Å². The lowest BCUT2D eigenvalue weighted by molar-refractivity contribution is -0.0791. The Morgan fingerprint density at radius 2 is 1.39 bits per heavy atom. The maximum absolute atomic E-state index is 15.8. The van der Waals surface area contributed by atoms with Gasteiger partial charge in [-0.1, -0.05) is 134 Å². The highest BCUT2D eigenvalue weighted by Gasteiger charge is 2.46. The van der Waals surface area contributed by atoms with Gasteiger partial charge in [-0.05, 0) is 54.9 Å². The number of rotatable bonds is 18. The number of fused-ring (bicyclic) bond motifs is 1. The molecule has 0 fully saturated rings. The zero-order valence-electron chi connectivity index (χ0n) is 26.2. The third-order valence-electron chi connectivity index (χ3n) is 9.37. The predicted octanol–water partition coefficient (Wildman–Crippen LogP) is 12.6. The molecule has 0 amide bonds. The van der Waals surface area contributed by atoms with Crippen LogP contribution >= 0.6 is 0 Å². The normalized spacial score (nSPS) is 16.6. The van der Waals surface area contributed by atoms with Crippen LogP contribution in [0.3, 0.4) is 0 Å². The lowest BCUT2D eigenvalue weighted by Gasteiger charge is -2.35. The van der Waals surface area contributed by atoms with Crippen LogP contribution in [0, 0.1) is 17.6 Å². The van der Waals surface area contributed by atoms with Crippen LogP contribution in [0.1, 0.15) is 120 Å². The molecule has 0 aromatic heterocycles. The van der Waals surface area contributed by atoms with Crippen molar-refractivity contribution < 1.29 is 17.6 Å². The molecule has 0 spiro atoms. The van der Waals surface area contributed by atoms with Crippen molar-refractivity contribution in [1.29, 1.82) is 0 Å². The second-order valence-corrected chi connectivity index (χ2v) is 18.7. The number of hydrogen-bond donors (Lipinski definition) is 0. The van der Waals surface area contributed by atoms with Crippen molar-refractivity contribution in [3.8, 4) is 11.1 Å². The van der Waals surface area contributed by atoms with Gasteiger partial charge in [0.1, 0.15) is 0 Å². The molecule has 2 aromatic carbocycles. The number of aryl methyl sites for hydroxylation is 1. The van der Waals surface area contributed by atoms with Gasteiger partial charge in [-0.25, -0.2) is 17.6 Å². The summed E-state index contributed by atoms with van der Waals surface area (Å²) in [5, 5.41) is 0. The van der Waals surface area contributed by atoms with Crippen molar-refractivity contribution in [1.82, 2.24) is 0 Å². The highest BCUT2D eigenvalue weighted by Crippen LogP contribution is 2.49. The molecule has 0 saturated heterocycles. The second-order valence-electron chi connectivity index (χ2n) is 13.4. The van der Waals surface area contributed by atoms with E-state index in [9.17, 15) is 4.39 Å². The van der Waals surface area contributed by atoms with Crippen molar-refractivity contribution >= 4 is 8.07 Å². The van der Waals surface area contributed by atoms with Crippen LogP contribution in [0.2, 0.25) is 25.2 Å². The summed E-state index contributed by atoms with van der Waals surface area (Å²) in [6, 6.07) is 10.7. The minimum Gasteiger partial charge on any atom is -0.204 e. The highest BCUT2D eigenvalue weighted by molar-refractivity contribution is 6.77. The fourth-order valence-corrected chi connectivity index (χ4v) is 9.41. The van der Waals surface area contributed by atoms with Crippen molar-refractivity contribution in [2.24, 2.45) is 5.92 Å². The quantitative estimate of drug-likeness (QED) is 0.0920. The molecule has 230 valence electrons. The number of benzene rings is 2. The molecule has 5 heteroatoms. The first-order valence-corrected chi connectivity index (χ1v) is 20.0. The van der Waals surface area contributed by atoms with Gasteiger partial charge < -0.3 is 0 Å². The smallest absolute Gasteiger partial charge is 0.204 e. The fraction of sp³-hybridized carbons (Fsp3) is 0.667. The Bertz CT molecular complexity index is 1060. The summed E-state index contributed by atoms with van der Waals surface area (Å²) in [5.74, 6) is -6.15.